The van der Waals surface area contributed by atoms with Crippen molar-refractivity contribution in [3.63, 3.8) is 0 Å². The van der Waals surface area contributed by atoms with E-state index in [1.54, 1.807) is 12.0 Å². The van der Waals surface area contributed by atoms with E-state index in [4.69, 9.17) is 14.2 Å². The summed E-state index contributed by atoms with van der Waals surface area (Å²) in [6.45, 7) is 1.90. The number of nitrogens with one attached hydrogen (secondary N) is 2. The van der Waals surface area contributed by atoms with Crippen LogP contribution >= 0.6 is 0 Å². The van der Waals surface area contributed by atoms with Gasteiger partial charge >= 0.3 is 6.03 Å². The molecule has 2 heterocycles. The summed E-state index contributed by atoms with van der Waals surface area (Å²) in [4.78, 5) is 26.4. The zero-order valence-corrected chi connectivity index (χ0v) is 16.8. The highest BCUT2D eigenvalue weighted by molar-refractivity contribution is 5.97. The Morgan fingerprint density at radius 1 is 1.17 bits per heavy atom. The zero-order chi connectivity index (χ0) is 20.9. The van der Waals surface area contributed by atoms with Crippen molar-refractivity contribution in [3.05, 3.63) is 48.0 Å². The van der Waals surface area contributed by atoms with Gasteiger partial charge in [-0.05, 0) is 30.2 Å². The molecule has 2 aliphatic heterocycles. The van der Waals surface area contributed by atoms with E-state index in [-0.39, 0.29) is 24.4 Å². The highest BCUT2D eigenvalue weighted by Crippen LogP contribution is 2.35. The molecule has 2 aromatic rings. The van der Waals surface area contributed by atoms with Crippen molar-refractivity contribution in [1.29, 1.82) is 0 Å². The van der Waals surface area contributed by atoms with Crippen molar-refractivity contribution in [2.24, 2.45) is 0 Å². The van der Waals surface area contributed by atoms with Crippen LogP contribution in [0.3, 0.4) is 0 Å². The lowest BCUT2D eigenvalue weighted by molar-refractivity contribution is -0.117. The molecule has 0 spiro atoms. The van der Waals surface area contributed by atoms with Gasteiger partial charge in [0.15, 0.2) is 11.5 Å². The highest BCUT2D eigenvalue weighted by Gasteiger charge is 2.32. The van der Waals surface area contributed by atoms with Crippen LogP contribution < -0.4 is 29.7 Å². The van der Waals surface area contributed by atoms with E-state index >= 15 is 0 Å². The maximum absolute atomic E-state index is 12.5. The average molecular weight is 411 g/mol. The number of carbonyl (C=O) groups excluding carboxylic acids is 2. The third kappa shape index (κ3) is 4.42. The number of ether oxygens (including phenoxy) is 3. The first kappa shape index (κ1) is 19.9. The Morgan fingerprint density at radius 2 is 1.97 bits per heavy atom. The molecule has 3 amide bonds. The predicted octanol–water partition coefficient (Wildman–Crippen LogP) is 2.11. The van der Waals surface area contributed by atoms with E-state index in [0.29, 0.717) is 44.2 Å². The highest BCUT2D eigenvalue weighted by atomic mass is 16.6. The Balaban J connectivity index is 1.28. The molecule has 158 valence electrons. The van der Waals surface area contributed by atoms with Gasteiger partial charge in [-0.2, -0.15) is 0 Å². The normalized spacial score (nSPS) is 17.6. The maximum atomic E-state index is 12.5. The summed E-state index contributed by atoms with van der Waals surface area (Å²) in [6, 6.07) is 12.6. The predicted molar refractivity (Wildman–Crippen MR) is 111 cm³/mol. The quantitative estimate of drug-likeness (QED) is 0.760. The number of rotatable bonds is 6. The summed E-state index contributed by atoms with van der Waals surface area (Å²) >= 11 is 0. The Hall–Kier alpha value is -3.42. The number of hydrogen-bond acceptors (Lipinski definition) is 5. The smallest absolute Gasteiger partial charge is 0.315 e. The van der Waals surface area contributed by atoms with Gasteiger partial charge < -0.3 is 29.7 Å². The number of methoxy groups -OCH3 is 1. The second-order valence-electron chi connectivity index (χ2n) is 7.20. The lowest BCUT2D eigenvalue weighted by Crippen LogP contribution is -2.44. The van der Waals surface area contributed by atoms with Crippen molar-refractivity contribution < 1.29 is 23.8 Å². The van der Waals surface area contributed by atoms with Gasteiger partial charge in [-0.3, -0.25) is 4.79 Å². The number of carbonyl (C=O) groups is 2. The zero-order valence-electron chi connectivity index (χ0n) is 16.8. The van der Waals surface area contributed by atoms with Crippen LogP contribution in [0.2, 0.25) is 0 Å². The number of urea groups is 1. The molecule has 0 saturated carbocycles. The molecule has 0 unspecified atom stereocenters. The minimum absolute atomic E-state index is 0.0361. The number of amides is 3. The van der Waals surface area contributed by atoms with Crippen LogP contribution in [-0.4, -0.2) is 51.4 Å². The summed E-state index contributed by atoms with van der Waals surface area (Å²) in [5, 5.41) is 5.73. The van der Waals surface area contributed by atoms with Gasteiger partial charge in [-0.15, -0.1) is 0 Å². The largest absolute Gasteiger partial charge is 0.496 e. The standard InChI is InChI=1S/C22H25N3O5/c1-28-18-5-3-2-4-15(18)8-9-23-22(27)24-16-12-21(26)25(14-16)17-6-7-19-20(13-17)30-11-10-29-19/h2-7,13,16H,8-12,14H2,1H3,(H2,23,24,27)/t16-/m1/s1. The Bertz CT molecular complexity index is 933. The van der Waals surface area contributed by atoms with Crippen LogP contribution in [0.15, 0.2) is 42.5 Å². The third-order valence-electron chi connectivity index (χ3n) is 5.17. The fourth-order valence-corrected chi connectivity index (χ4v) is 3.71. The van der Waals surface area contributed by atoms with Crippen molar-refractivity contribution in [2.75, 3.05) is 38.3 Å². The summed E-state index contributed by atoms with van der Waals surface area (Å²) in [5.74, 6) is 2.08. The molecule has 2 N–H and O–H groups in total. The molecular formula is C22H25N3O5. The number of hydrogen-bond donors (Lipinski definition) is 2. The summed E-state index contributed by atoms with van der Waals surface area (Å²) in [5.41, 5.74) is 1.77. The van der Waals surface area contributed by atoms with Crippen LogP contribution in [0.1, 0.15) is 12.0 Å². The molecule has 8 heteroatoms. The number of anilines is 1. The number of benzene rings is 2. The molecule has 2 aromatic carbocycles. The second kappa shape index (κ2) is 8.94. The van der Waals surface area contributed by atoms with Gasteiger partial charge in [0.1, 0.15) is 19.0 Å². The molecule has 0 aliphatic carbocycles. The van der Waals surface area contributed by atoms with Gasteiger partial charge in [0.2, 0.25) is 5.91 Å². The van der Waals surface area contributed by atoms with Gasteiger partial charge in [0.05, 0.1) is 13.2 Å². The van der Waals surface area contributed by atoms with Gasteiger partial charge in [-0.1, -0.05) is 18.2 Å². The van der Waals surface area contributed by atoms with Crippen LogP contribution in [0.25, 0.3) is 0 Å². The van der Waals surface area contributed by atoms with Crippen molar-refractivity contribution in [2.45, 2.75) is 18.9 Å². The first-order valence-corrected chi connectivity index (χ1v) is 10.0. The van der Waals surface area contributed by atoms with Crippen LogP contribution in [0, 0.1) is 0 Å². The minimum atomic E-state index is -0.285. The van der Waals surface area contributed by atoms with Crippen LogP contribution in [-0.2, 0) is 11.2 Å². The lowest BCUT2D eigenvalue weighted by atomic mass is 10.1. The summed E-state index contributed by atoms with van der Waals surface area (Å²) in [6.07, 6.45) is 0.915. The van der Waals surface area contributed by atoms with E-state index in [1.165, 1.54) is 0 Å². The van der Waals surface area contributed by atoms with Crippen molar-refractivity contribution >= 4 is 17.6 Å². The number of para-hydroxylation sites is 1. The van der Waals surface area contributed by atoms with Crippen molar-refractivity contribution in [3.8, 4) is 17.2 Å². The molecular weight excluding hydrogens is 386 g/mol. The SMILES string of the molecule is COc1ccccc1CCNC(=O)N[C@@H]1CC(=O)N(c2ccc3c(c2)OCCO3)C1. The molecule has 2 aliphatic rings. The van der Waals surface area contributed by atoms with E-state index in [1.807, 2.05) is 42.5 Å². The van der Waals surface area contributed by atoms with Gasteiger partial charge in [0.25, 0.3) is 0 Å². The van der Waals surface area contributed by atoms with Gasteiger partial charge in [-0.25, -0.2) is 4.79 Å². The second-order valence-corrected chi connectivity index (χ2v) is 7.20. The molecule has 8 nitrogen and oxygen atoms in total. The first-order chi connectivity index (χ1) is 14.6. The van der Waals surface area contributed by atoms with E-state index < -0.39 is 0 Å². The summed E-state index contributed by atoms with van der Waals surface area (Å²) < 4.78 is 16.4. The molecule has 1 atom stereocenters. The third-order valence-corrected chi connectivity index (χ3v) is 5.17. The van der Waals surface area contributed by atoms with E-state index in [9.17, 15) is 9.59 Å². The molecule has 0 radical (unpaired) electrons. The van der Waals surface area contributed by atoms with Gasteiger partial charge in [0, 0.05) is 31.3 Å². The lowest BCUT2D eigenvalue weighted by Gasteiger charge is -2.22. The Labute approximate surface area is 175 Å². The monoisotopic (exact) mass is 411 g/mol. The van der Waals surface area contributed by atoms with E-state index in [2.05, 4.69) is 10.6 Å². The molecule has 30 heavy (non-hydrogen) atoms. The Kier molecular flexibility index (Phi) is 5.92. The molecule has 1 saturated heterocycles. The fourth-order valence-electron chi connectivity index (χ4n) is 3.71. The van der Waals surface area contributed by atoms with Crippen LogP contribution in [0.5, 0.6) is 17.2 Å². The number of nitrogens with zero attached hydrogens (tertiary/aromatic N) is 1. The van der Waals surface area contributed by atoms with E-state index in [0.717, 1.165) is 17.0 Å². The summed E-state index contributed by atoms with van der Waals surface area (Å²) in [7, 11) is 1.63. The maximum Gasteiger partial charge on any atom is 0.315 e. The number of fused-ring (bicyclic) bond motifs is 1. The molecule has 4 rings (SSSR count). The fraction of sp³-hybridized carbons (Fsp3) is 0.364. The minimum Gasteiger partial charge on any atom is -0.496 e. The molecule has 0 aromatic heterocycles. The average Bonchev–Trinajstić information content (AvgIpc) is 3.13. The molecule has 1 fully saturated rings. The van der Waals surface area contributed by atoms with Crippen molar-refractivity contribution in [1.82, 2.24) is 10.6 Å². The Morgan fingerprint density at radius 3 is 2.80 bits per heavy atom. The van der Waals surface area contributed by atoms with Crippen LogP contribution in [0.4, 0.5) is 10.5 Å². The molecule has 0 bridgehead atoms. The first-order valence-electron chi connectivity index (χ1n) is 10.0. The topological polar surface area (TPSA) is 89.1 Å².